The SMILES string of the molecule is CC1(C)CN(CCNC(=O)c2n[nH]c3c2CNCC3)CCO1. The predicted molar refractivity (Wildman–Crippen MR) is 82.8 cm³/mol. The molecule has 3 heterocycles. The third kappa shape index (κ3) is 3.48. The number of aromatic amines is 1. The van der Waals surface area contributed by atoms with Crippen LogP contribution in [-0.4, -0.2) is 65.9 Å². The third-order valence-electron chi connectivity index (χ3n) is 4.24. The topological polar surface area (TPSA) is 82.3 Å². The molecule has 1 saturated heterocycles. The maximum Gasteiger partial charge on any atom is 0.272 e. The Bertz CT molecular complexity index is 540. The highest BCUT2D eigenvalue weighted by Gasteiger charge is 2.27. The van der Waals surface area contributed by atoms with Gasteiger partial charge in [-0.2, -0.15) is 5.10 Å². The van der Waals surface area contributed by atoms with Crippen LogP contribution in [0, 0.1) is 0 Å². The number of aromatic nitrogens is 2. The molecule has 22 heavy (non-hydrogen) atoms. The van der Waals surface area contributed by atoms with Crippen molar-refractivity contribution >= 4 is 5.91 Å². The number of hydrogen-bond donors (Lipinski definition) is 3. The van der Waals surface area contributed by atoms with Crippen LogP contribution < -0.4 is 10.6 Å². The molecule has 3 N–H and O–H groups in total. The third-order valence-corrected chi connectivity index (χ3v) is 4.24. The van der Waals surface area contributed by atoms with Crippen molar-refractivity contribution < 1.29 is 9.53 Å². The summed E-state index contributed by atoms with van der Waals surface area (Å²) in [5.74, 6) is -0.0891. The van der Waals surface area contributed by atoms with E-state index in [1.807, 2.05) is 0 Å². The number of morpholine rings is 1. The maximum absolute atomic E-state index is 12.3. The Morgan fingerprint density at radius 2 is 2.36 bits per heavy atom. The second kappa shape index (κ2) is 6.36. The van der Waals surface area contributed by atoms with Crippen molar-refractivity contribution in [1.29, 1.82) is 0 Å². The predicted octanol–water partition coefficient (Wildman–Crippen LogP) is -0.104. The van der Waals surface area contributed by atoms with Gasteiger partial charge in [-0.3, -0.25) is 14.8 Å². The minimum atomic E-state index is -0.102. The van der Waals surface area contributed by atoms with Crippen molar-refractivity contribution in [2.24, 2.45) is 0 Å². The summed E-state index contributed by atoms with van der Waals surface area (Å²) in [6.07, 6.45) is 0.901. The summed E-state index contributed by atoms with van der Waals surface area (Å²) in [6.45, 7) is 9.87. The lowest BCUT2D eigenvalue weighted by Gasteiger charge is -2.38. The molecule has 1 aromatic rings. The van der Waals surface area contributed by atoms with E-state index in [4.69, 9.17) is 4.74 Å². The van der Waals surface area contributed by atoms with E-state index < -0.39 is 0 Å². The van der Waals surface area contributed by atoms with E-state index in [0.717, 1.165) is 50.5 Å². The molecule has 1 aromatic heterocycles. The number of hydrogen-bond acceptors (Lipinski definition) is 5. The molecule has 0 aliphatic carbocycles. The van der Waals surface area contributed by atoms with Crippen LogP contribution in [-0.2, 0) is 17.7 Å². The Morgan fingerprint density at radius 1 is 1.50 bits per heavy atom. The molecule has 3 rings (SSSR count). The molecule has 2 aliphatic rings. The lowest BCUT2D eigenvalue weighted by Crippen LogP contribution is -2.50. The Kier molecular flexibility index (Phi) is 4.46. The summed E-state index contributed by atoms with van der Waals surface area (Å²) in [5.41, 5.74) is 2.52. The van der Waals surface area contributed by atoms with Gasteiger partial charge in [-0.25, -0.2) is 0 Å². The number of carbonyl (C=O) groups excluding carboxylic acids is 1. The summed E-state index contributed by atoms with van der Waals surface area (Å²) in [6, 6.07) is 0. The van der Waals surface area contributed by atoms with E-state index in [9.17, 15) is 4.79 Å². The monoisotopic (exact) mass is 307 g/mol. The Morgan fingerprint density at radius 3 is 3.18 bits per heavy atom. The van der Waals surface area contributed by atoms with Crippen LogP contribution in [0.5, 0.6) is 0 Å². The number of carbonyl (C=O) groups is 1. The number of nitrogens with one attached hydrogen (secondary N) is 3. The van der Waals surface area contributed by atoms with E-state index in [0.29, 0.717) is 18.8 Å². The highest BCUT2D eigenvalue weighted by molar-refractivity contribution is 5.94. The first kappa shape index (κ1) is 15.5. The highest BCUT2D eigenvalue weighted by Crippen LogP contribution is 2.16. The molecule has 7 heteroatoms. The molecule has 1 fully saturated rings. The van der Waals surface area contributed by atoms with Crippen LogP contribution in [0.2, 0.25) is 0 Å². The smallest absolute Gasteiger partial charge is 0.272 e. The van der Waals surface area contributed by atoms with Gasteiger partial charge in [-0.15, -0.1) is 0 Å². The molecule has 0 spiro atoms. The van der Waals surface area contributed by atoms with Crippen molar-refractivity contribution in [3.63, 3.8) is 0 Å². The fourth-order valence-corrected chi connectivity index (χ4v) is 3.13. The Balaban J connectivity index is 1.49. The normalized spacial score (nSPS) is 21.4. The van der Waals surface area contributed by atoms with Gasteiger partial charge in [0.05, 0.1) is 12.2 Å². The first-order valence-corrected chi connectivity index (χ1v) is 7.96. The van der Waals surface area contributed by atoms with Crippen molar-refractivity contribution in [3.05, 3.63) is 17.0 Å². The quantitative estimate of drug-likeness (QED) is 0.723. The van der Waals surface area contributed by atoms with E-state index in [2.05, 4.69) is 39.6 Å². The number of rotatable bonds is 4. The van der Waals surface area contributed by atoms with E-state index in [1.54, 1.807) is 0 Å². The van der Waals surface area contributed by atoms with Crippen LogP contribution in [0.25, 0.3) is 0 Å². The van der Waals surface area contributed by atoms with Gasteiger partial charge >= 0.3 is 0 Å². The summed E-state index contributed by atoms with van der Waals surface area (Å²) in [7, 11) is 0. The van der Waals surface area contributed by atoms with E-state index >= 15 is 0 Å². The van der Waals surface area contributed by atoms with Gasteiger partial charge in [-0.1, -0.05) is 0 Å². The van der Waals surface area contributed by atoms with E-state index in [-0.39, 0.29) is 11.5 Å². The molecule has 0 saturated carbocycles. The van der Waals surface area contributed by atoms with Gasteiger partial charge in [0.15, 0.2) is 5.69 Å². The van der Waals surface area contributed by atoms with Gasteiger partial charge in [0.1, 0.15) is 0 Å². The zero-order valence-corrected chi connectivity index (χ0v) is 13.4. The molecule has 1 amide bonds. The second-order valence-corrected chi connectivity index (χ2v) is 6.60. The molecule has 0 radical (unpaired) electrons. The second-order valence-electron chi connectivity index (χ2n) is 6.60. The molecule has 0 atom stereocenters. The standard InChI is InChI=1S/C15H25N5O2/c1-15(2)10-20(7-8-22-15)6-5-17-14(21)13-11-9-16-4-3-12(11)18-19-13/h16H,3-10H2,1-2H3,(H,17,21)(H,18,19). The van der Waals surface area contributed by atoms with Crippen molar-refractivity contribution in [2.75, 3.05) is 39.3 Å². The number of H-pyrrole nitrogens is 1. The van der Waals surface area contributed by atoms with Gasteiger partial charge in [0.25, 0.3) is 5.91 Å². The van der Waals surface area contributed by atoms with Gasteiger partial charge < -0.3 is 15.4 Å². The molecule has 0 bridgehead atoms. The van der Waals surface area contributed by atoms with E-state index in [1.165, 1.54) is 0 Å². The average molecular weight is 307 g/mol. The summed E-state index contributed by atoms with van der Waals surface area (Å²) >= 11 is 0. The average Bonchev–Trinajstić information content (AvgIpc) is 2.90. The number of amides is 1. The fraction of sp³-hybridized carbons (Fsp3) is 0.733. The van der Waals surface area contributed by atoms with Crippen molar-refractivity contribution in [1.82, 2.24) is 25.7 Å². The summed E-state index contributed by atoms with van der Waals surface area (Å²) in [5, 5.41) is 13.4. The molecular weight excluding hydrogens is 282 g/mol. The Labute approximate surface area is 130 Å². The van der Waals surface area contributed by atoms with Gasteiger partial charge in [0, 0.05) is 56.9 Å². The molecule has 2 aliphatic heterocycles. The Hall–Kier alpha value is -1.44. The first-order valence-electron chi connectivity index (χ1n) is 7.96. The largest absolute Gasteiger partial charge is 0.373 e. The van der Waals surface area contributed by atoms with Crippen LogP contribution >= 0.6 is 0 Å². The number of nitrogens with zero attached hydrogens (tertiary/aromatic N) is 2. The first-order chi connectivity index (χ1) is 10.6. The zero-order valence-electron chi connectivity index (χ0n) is 13.4. The summed E-state index contributed by atoms with van der Waals surface area (Å²) < 4.78 is 5.69. The fourth-order valence-electron chi connectivity index (χ4n) is 3.13. The molecule has 7 nitrogen and oxygen atoms in total. The number of ether oxygens (including phenoxy) is 1. The summed E-state index contributed by atoms with van der Waals surface area (Å²) in [4.78, 5) is 14.6. The molecule has 0 unspecified atom stereocenters. The zero-order chi connectivity index (χ0) is 15.6. The van der Waals surface area contributed by atoms with Gasteiger partial charge in [-0.05, 0) is 13.8 Å². The van der Waals surface area contributed by atoms with Crippen LogP contribution in [0.3, 0.4) is 0 Å². The van der Waals surface area contributed by atoms with Crippen LogP contribution in [0.15, 0.2) is 0 Å². The molecule has 0 aromatic carbocycles. The number of fused-ring (bicyclic) bond motifs is 1. The minimum Gasteiger partial charge on any atom is -0.373 e. The maximum atomic E-state index is 12.3. The lowest BCUT2D eigenvalue weighted by atomic mass is 10.1. The van der Waals surface area contributed by atoms with Crippen LogP contribution in [0.1, 0.15) is 35.6 Å². The van der Waals surface area contributed by atoms with Crippen molar-refractivity contribution in [2.45, 2.75) is 32.4 Å². The van der Waals surface area contributed by atoms with Crippen molar-refractivity contribution in [3.8, 4) is 0 Å². The highest BCUT2D eigenvalue weighted by atomic mass is 16.5. The van der Waals surface area contributed by atoms with Crippen LogP contribution in [0.4, 0.5) is 0 Å². The lowest BCUT2D eigenvalue weighted by molar-refractivity contribution is -0.0853. The van der Waals surface area contributed by atoms with Gasteiger partial charge in [0.2, 0.25) is 0 Å². The minimum absolute atomic E-state index is 0.0891. The molecular formula is C15H25N5O2. The molecule has 122 valence electrons.